The highest BCUT2D eigenvalue weighted by molar-refractivity contribution is 14.1. The average molecular weight is 465 g/mol. The van der Waals surface area contributed by atoms with Crippen molar-refractivity contribution in [3.63, 3.8) is 0 Å². The van der Waals surface area contributed by atoms with Gasteiger partial charge in [-0.3, -0.25) is 4.79 Å². The predicted molar refractivity (Wildman–Crippen MR) is 111 cm³/mol. The maximum Gasteiger partial charge on any atom is 0.228 e. The van der Waals surface area contributed by atoms with Crippen LogP contribution in [0.5, 0.6) is 0 Å². The van der Waals surface area contributed by atoms with E-state index >= 15 is 0 Å². The number of halogens is 1. The fraction of sp³-hybridized carbons (Fsp3) is 0.167. The number of anilines is 1. The molecule has 0 aliphatic heterocycles. The summed E-state index contributed by atoms with van der Waals surface area (Å²) in [7, 11) is 0. The first-order valence-electron chi connectivity index (χ1n) is 7.71. The maximum atomic E-state index is 11.7. The number of hydrogen-bond donors (Lipinski definition) is 2. The van der Waals surface area contributed by atoms with Crippen LogP contribution in [-0.2, 0) is 4.79 Å². The van der Waals surface area contributed by atoms with Crippen molar-refractivity contribution in [3.05, 3.63) is 46.0 Å². The van der Waals surface area contributed by atoms with Crippen LogP contribution in [0.25, 0.3) is 22.6 Å². The fourth-order valence-corrected chi connectivity index (χ4v) is 2.93. The standard InChI is InChI=1S/C18H16IN3O2S/c1-10(2)16(23)22-18(25)20-13-6-7-15-14(9-13)21-17(24-15)11-4-3-5-12(19)8-11/h3-10H,1-2H3,(H2,20,22,23,25). The number of amides is 1. The topological polar surface area (TPSA) is 67.2 Å². The molecule has 0 saturated heterocycles. The number of benzene rings is 2. The maximum absolute atomic E-state index is 11.7. The predicted octanol–water partition coefficient (Wildman–Crippen LogP) is 4.57. The average Bonchev–Trinajstić information content (AvgIpc) is 2.98. The van der Waals surface area contributed by atoms with E-state index in [9.17, 15) is 4.79 Å². The Labute approximate surface area is 164 Å². The third-order valence-corrected chi connectivity index (χ3v) is 4.35. The molecule has 2 aromatic carbocycles. The highest BCUT2D eigenvalue weighted by Gasteiger charge is 2.11. The van der Waals surface area contributed by atoms with Crippen LogP contribution in [0.15, 0.2) is 46.9 Å². The van der Waals surface area contributed by atoms with E-state index in [-0.39, 0.29) is 16.9 Å². The Hall–Kier alpha value is -2.00. The lowest BCUT2D eigenvalue weighted by atomic mass is 10.2. The molecule has 0 unspecified atom stereocenters. The monoisotopic (exact) mass is 465 g/mol. The molecule has 25 heavy (non-hydrogen) atoms. The zero-order chi connectivity index (χ0) is 18.0. The van der Waals surface area contributed by atoms with E-state index in [0.717, 1.165) is 20.3 Å². The Morgan fingerprint density at radius 2 is 2.04 bits per heavy atom. The van der Waals surface area contributed by atoms with Crippen LogP contribution in [0.1, 0.15) is 13.8 Å². The van der Waals surface area contributed by atoms with Crippen molar-refractivity contribution in [2.24, 2.45) is 5.92 Å². The number of aromatic nitrogens is 1. The molecule has 0 aliphatic carbocycles. The van der Waals surface area contributed by atoms with Crippen LogP contribution in [0.3, 0.4) is 0 Å². The van der Waals surface area contributed by atoms with E-state index in [4.69, 9.17) is 16.6 Å². The molecule has 128 valence electrons. The molecule has 0 spiro atoms. The molecule has 0 aliphatic rings. The number of nitrogens with zero attached hydrogens (tertiary/aromatic N) is 1. The number of nitrogens with one attached hydrogen (secondary N) is 2. The van der Waals surface area contributed by atoms with Gasteiger partial charge in [0.05, 0.1) is 0 Å². The van der Waals surface area contributed by atoms with Crippen molar-refractivity contribution in [1.29, 1.82) is 0 Å². The van der Waals surface area contributed by atoms with E-state index in [2.05, 4.69) is 38.2 Å². The van der Waals surface area contributed by atoms with Crippen LogP contribution < -0.4 is 10.6 Å². The highest BCUT2D eigenvalue weighted by atomic mass is 127. The number of hydrogen-bond acceptors (Lipinski definition) is 4. The minimum Gasteiger partial charge on any atom is -0.436 e. The van der Waals surface area contributed by atoms with Crippen molar-refractivity contribution >= 4 is 62.6 Å². The summed E-state index contributed by atoms with van der Waals surface area (Å²) in [5.41, 5.74) is 3.08. The van der Waals surface area contributed by atoms with Gasteiger partial charge in [-0.1, -0.05) is 19.9 Å². The quantitative estimate of drug-likeness (QED) is 0.438. The second-order valence-corrected chi connectivity index (χ2v) is 7.46. The molecule has 1 amide bonds. The lowest BCUT2D eigenvalue weighted by Gasteiger charge is -2.10. The van der Waals surface area contributed by atoms with E-state index in [1.807, 2.05) is 56.3 Å². The van der Waals surface area contributed by atoms with Gasteiger partial charge < -0.3 is 15.1 Å². The zero-order valence-corrected chi connectivity index (χ0v) is 16.6. The van der Waals surface area contributed by atoms with Crippen molar-refractivity contribution in [2.75, 3.05) is 5.32 Å². The van der Waals surface area contributed by atoms with Crippen LogP contribution in [-0.4, -0.2) is 16.0 Å². The molecule has 0 fully saturated rings. The summed E-state index contributed by atoms with van der Waals surface area (Å²) in [4.78, 5) is 16.2. The van der Waals surface area contributed by atoms with Gasteiger partial charge in [0.2, 0.25) is 11.8 Å². The Balaban J connectivity index is 1.81. The van der Waals surface area contributed by atoms with Gasteiger partial charge in [0, 0.05) is 20.7 Å². The van der Waals surface area contributed by atoms with Gasteiger partial charge in [0.1, 0.15) is 5.52 Å². The van der Waals surface area contributed by atoms with E-state index < -0.39 is 0 Å². The lowest BCUT2D eigenvalue weighted by molar-refractivity contribution is -0.122. The van der Waals surface area contributed by atoms with Gasteiger partial charge >= 0.3 is 0 Å². The number of oxazole rings is 1. The third-order valence-electron chi connectivity index (χ3n) is 3.48. The van der Waals surface area contributed by atoms with Crippen molar-refractivity contribution in [3.8, 4) is 11.5 Å². The van der Waals surface area contributed by atoms with E-state index in [1.165, 1.54) is 0 Å². The Morgan fingerprint density at radius 1 is 1.24 bits per heavy atom. The third kappa shape index (κ3) is 4.35. The fourth-order valence-electron chi connectivity index (χ4n) is 2.17. The second kappa shape index (κ2) is 7.49. The van der Waals surface area contributed by atoms with Gasteiger partial charge in [-0.25, -0.2) is 4.98 Å². The van der Waals surface area contributed by atoms with Crippen LogP contribution in [0.4, 0.5) is 5.69 Å². The van der Waals surface area contributed by atoms with Crippen LogP contribution in [0.2, 0.25) is 0 Å². The number of carbonyl (C=O) groups excluding carboxylic acids is 1. The number of carbonyl (C=O) groups is 1. The Bertz CT molecular complexity index is 952. The zero-order valence-electron chi connectivity index (χ0n) is 13.7. The highest BCUT2D eigenvalue weighted by Crippen LogP contribution is 2.27. The lowest BCUT2D eigenvalue weighted by Crippen LogP contribution is -2.36. The minimum absolute atomic E-state index is 0.124. The molecular formula is C18H16IN3O2S. The Kier molecular flexibility index (Phi) is 5.33. The summed E-state index contributed by atoms with van der Waals surface area (Å²) in [6, 6.07) is 13.5. The van der Waals surface area contributed by atoms with Crippen molar-refractivity contribution in [1.82, 2.24) is 10.3 Å². The van der Waals surface area contributed by atoms with E-state index in [1.54, 1.807) is 0 Å². The summed E-state index contributed by atoms with van der Waals surface area (Å²) in [5.74, 6) is 0.316. The molecule has 1 heterocycles. The van der Waals surface area contributed by atoms with Crippen molar-refractivity contribution < 1.29 is 9.21 Å². The molecule has 7 heteroatoms. The molecule has 2 N–H and O–H groups in total. The molecule has 0 radical (unpaired) electrons. The molecule has 5 nitrogen and oxygen atoms in total. The normalized spacial score (nSPS) is 10.9. The van der Waals surface area contributed by atoms with Crippen molar-refractivity contribution in [2.45, 2.75) is 13.8 Å². The molecule has 0 bridgehead atoms. The summed E-state index contributed by atoms with van der Waals surface area (Å²) < 4.78 is 6.94. The molecular weight excluding hydrogens is 449 g/mol. The number of fused-ring (bicyclic) bond motifs is 1. The first kappa shape index (κ1) is 17.8. The van der Waals surface area contributed by atoms with Gasteiger partial charge in [-0.15, -0.1) is 0 Å². The number of thiocarbonyl (C=S) groups is 1. The molecule has 0 saturated carbocycles. The summed E-state index contributed by atoms with van der Waals surface area (Å²) in [6.07, 6.45) is 0. The summed E-state index contributed by atoms with van der Waals surface area (Å²) >= 11 is 7.42. The molecule has 3 rings (SSSR count). The van der Waals surface area contributed by atoms with Gasteiger partial charge in [0.25, 0.3) is 0 Å². The minimum atomic E-state index is -0.131. The largest absolute Gasteiger partial charge is 0.436 e. The van der Waals surface area contributed by atoms with Gasteiger partial charge in [-0.05, 0) is 71.2 Å². The molecule has 0 atom stereocenters. The van der Waals surface area contributed by atoms with E-state index in [0.29, 0.717) is 11.5 Å². The second-order valence-electron chi connectivity index (χ2n) is 5.81. The molecule has 3 aromatic rings. The summed E-state index contributed by atoms with van der Waals surface area (Å²) in [5, 5.41) is 5.91. The van der Waals surface area contributed by atoms with Gasteiger partial charge in [-0.2, -0.15) is 0 Å². The first-order valence-corrected chi connectivity index (χ1v) is 9.19. The van der Waals surface area contributed by atoms with Gasteiger partial charge in [0.15, 0.2) is 10.7 Å². The van der Waals surface area contributed by atoms with Crippen LogP contribution >= 0.6 is 34.8 Å². The first-order chi connectivity index (χ1) is 11.9. The summed E-state index contributed by atoms with van der Waals surface area (Å²) in [6.45, 7) is 3.62. The number of rotatable bonds is 3. The SMILES string of the molecule is CC(C)C(=O)NC(=S)Nc1ccc2oc(-c3cccc(I)c3)nc2c1. The van der Waals surface area contributed by atoms with Crippen LogP contribution in [0, 0.1) is 9.49 Å². The molecule has 1 aromatic heterocycles. The Morgan fingerprint density at radius 3 is 2.76 bits per heavy atom. The smallest absolute Gasteiger partial charge is 0.228 e.